The molecule has 2 amide bonds. The number of hydrogen-bond acceptors (Lipinski definition) is 3. The van der Waals surface area contributed by atoms with Gasteiger partial charge in [-0.25, -0.2) is 4.79 Å². The van der Waals surface area contributed by atoms with Gasteiger partial charge in [-0.05, 0) is 30.5 Å². The maximum Gasteiger partial charge on any atom is 0.317 e. The third kappa shape index (κ3) is 6.03. The van der Waals surface area contributed by atoms with Crippen LogP contribution in [0, 0.1) is 5.92 Å². The minimum Gasteiger partial charge on any atom is -0.497 e. The van der Waals surface area contributed by atoms with Crippen molar-refractivity contribution in [2.24, 2.45) is 5.92 Å². The molecule has 0 spiro atoms. The number of nitrogens with one attached hydrogen (secondary N) is 1. The van der Waals surface area contributed by atoms with Crippen LogP contribution < -0.4 is 10.1 Å². The molecule has 0 aromatic heterocycles. The number of aliphatic carboxylic acids is 1. The molecule has 0 aliphatic heterocycles. The van der Waals surface area contributed by atoms with Gasteiger partial charge >= 0.3 is 12.0 Å². The molecule has 22 heavy (non-hydrogen) atoms. The SMILES string of the molecule is COc1ccc(CCCNC(=O)N(C)CC(C)C(=O)O)cc1. The third-order valence-corrected chi connectivity index (χ3v) is 3.39. The lowest BCUT2D eigenvalue weighted by Crippen LogP contribution is -2.41. The molecular weight excluding hydrogens is 284 g/mol. The minimum atomic E-state index is -0.904. The van der Waals surface area contributed by atoms with Crippen molar-refractivity contribution < 1.29 is 19.4 Å². The summed E-state index contributed by atoms with van der Waals surface area (Å²) in [5.41, 5.74) is 1.18. The second kappa shape index (κ2) is 8.92. The Kier molecular flexibility index (Phi) is 7.22. The lowest BCUT2D eigenvalue weighted by atomic mass is 10.1. The van der Waals surface area contributed by atoms with Gasteiger partial charge in [0.25, 0.3) is 0 Å². The number of nitrogens with zero attached hydrogens (tertiary/aromatic N) is 1. The summed E-state index contributed by atoms with van der Waals surface area (Å²) in [5.74, 6) is -0.652. The Morgan fingerprint density at radius 2 is 1.95 bits per heavy atom. The van der Waals surface area contributed by atoms with E-state index in [9.17, 15) is 9.59 Å². The molecule has 1 aromatic carbocycles. The molecular formula is C16H24N2O4. The zero-order chi connectivity index (χ0) is 16.5. The topological polar surface area (TPSA) is 78.9 Å². The lowest BCUT2D eigenvalue weighted by Gasteiger charge is -2.20. The van der Waals surface area contributed by atoms with Gasteiger partial charge < -0.3 is 20.1 Å². The van der Waals surface area contributed by atoms with Crippen LogP contribution in [0.4, 0.5) is 4.79 Å². The summed E-state index contributed by atoms with van der Waals surface area (Å²) in [6, 6.07) is 7.58. The highest BCUT2D eigenvalue weighted by Crippen LogP contribution is 2.12. The zero-order valence-corrected chi connectivity index (χ0v) is 13.3. The number of rotatable bonds is 8. The van der Waals surface area contributed by atoms with Crippen molar-refractivity contribution >= 4 is 12.0 Å². The van der Waals surface area contributed by atoms with Crippen LogP contribution in [0.25, 0.3) is 0 Å². The Morgan fingerprint density at radius 3 is 2.50 bits per heavy atom. The summed E-state index contributed by atoms with van der Waals surface area (Å²) in [5, 5.41) is 11.6. The maximum atomic E-state index is 11.8. The van der Waals surface area contributed by atoms with Gasteiger partial charge in [0.2, 0.25) is 0 Å². The largest absolute Gasteiger partial charge is 0.497 e. The van der Waals surface area contributed by atoms with Crippen LogP contribution in [-0.4, -0.2) is 49.3 Å². The number of amides is 2. The molecule has 0 bridgehead atoms. The standard InChI is InChI=1S/C16H24N2O4/c1-12(15(19)20)11-18(2)16(21)17-10-4-5-13-6-8-14(22-3)9-7-13/h6-9,12H,4-5,10-11H2,1-3H3,(H,17,21)(H,19,20). The molecule has 122 valence electrons. The van der Waals surface area contributed by atoms with Crippen molar-refractivity contribution in [3.63, 3.8) is 0 Å². The van der Waals surface area contributed by atoms with Gasteiger partial charge in [-0.15, -0.1) is 0 Å². The molecule has 2 N–H and O–H groups in total. The molecule has 6 nitrogen and oxygen atoms in total. The van der Waals surface area contributed by atoms with Crippen molar-refractivity contribution in [1.29, 1.82) is 0 Å². The summed E-state index contributed by atoms with van der Waals surface area (Å²) in [4.78, 5) is 23.9. The highest BCUT2D eigenvalue weighted by molar-refractivity contribution is 5.75. The molecule has 1 aromatic rings. The third-order valence-electron chi connectivity index (χ3n) is 3.39. The van der Waals surface area contributed by atoms with E-state index in [1.807, 2.05) is 24.3 Å². The fourth-order valence-electron chi connectivity index (χ4n) is 1.99. The molecule has 1 atom stereocenters. The number of ether oxygens (including phenoxy) is 1. The number of aryl methyl sites for hydroxylation is 1. The first-order chi connectivity index (χ1) is 10.4. The van der Waals surface area contributed by atoms with Gasteiger partial charge in [0, 0.05) is 20.1 Å². The van der Waals surface area contributed by atoms with E-state index in [4.69, 9.17) is 9.84 Å². The number of carbonyl (C=O) groups excluding carboxylic acids is 1. The molecule has 0 aliphatic rings. The second-order valence-corrected chi connectivity index (χ2v) is 5.30. The second-order valence-electron chi connectivity index (χ2n) is 5.30. The Labute approximate surface area is 131 Å². The normalized spacial score (nSPS) is 11.6. The summed E-state index contributed by atoms with van der Waals surface area (Å²) < 4.78 is 5.10. The van der Waals surface area contributed by atoms with Gasteiger partial charge in [0.1, 0.15) is 5.75 Å². The highest BCUT2D eigenvalue weighted by Gasteiger charge is 2.16. The minimum absolute atomic E-state index is 0.194. The van der Waals surface area contributed by atoms with Crippen LogP contribution in [0.1, 0.15) is 18.9 Å². The predicted octanol–water partition coefficient (Wildman–Crippen LogP) is 1.99. The van der Waals surface area contributed by atoms with Crippen LogP contribution in [0.15, 0.2) is 24.3 Å². The summed E-state index contributed by atoms with van der Waals surface area (Å²) >= 11 is 0. The number of benzene rings is 1. The first kappa shape index (κ1) is 17.8. The molecule has 0 aliphatic carbocycles. The number of carboxylic acid groups (broad SMARTS) is 1. The van der Waals surface area contributed by atoms with Crippen LogP contribution in [0.3, 0.4) is 0 Å². The quantitative estimate of drug-likeness (QED) is 0.720. The summed E-state index contributed by atoms with van der Waals surface area (Å²) in [7, 11) is 3.23. The summed E-state index contributed by atoms with van der Waals surface area (Å²) in [6.07, 6.45) is 1.68. The summed E-state index contributed by atoms with van der Waals surface area (Å²) in [6.45, 7) is 2.33. The highest BCUT2D eigenvalue weighted by atomic mass is 16.5. The van der Waals surface area contributed by atoms with Crippen molar-refractivity contribution in [1.82, 2.24) is 10.2 Å². The number of carboxylic acids is 1. The molecule has 0 saturated heterocycles. The Morgan fingerprint density at radius 1 is 1.32 bits per heavy atom. The number of methoxy groups -OCH3 is 1. The van der Waals surface area contributed by atoms with Gasteiger partial charge in [-0.3, -0.25) is 4.79 Å². The van der Waals surface area contributed by atoms with E-state index in [2.05, 4.69) is 5.32 Å². The molecule has 1 rings (SSSR count). The van der Waals surface area contributed by atoms with Gasteiger partial charge in [-0.2, -0.15) is 0 Å². The first-order valence-electron chi connectivity index (χ1n) is 7.28. The van der Waals surface area contributed by atoms with E-state index in [1.54, 1.807) is 21.1 Å². The molecule has 0 saturated carbocycles. The van der Waals surface area contributed by atoms with E-state index >= 15 is 0 Å². The van der Waals surface area contributed by atoms with Gasteiger partial charge in [0.15, 0.2) is 0 Å². The monoisotopic (exact) mass is 308 g/mol. The average Bonchev–Trinajstić information content (AvgIpc) is 2.51. The Hall–Kier alpha value is -2.24. The van der Waals surface area contributed by atoms with E-state index in [1.165, 1.54) is 10.5 Å². The average molecular weight is 308 g/mol. The molecule has 1 unspecified atom stereocenters. The van der Waals surface area contributed by atoms with E-state index in [0.717, 1.165) is 18.6 Å². The van der Waals surface area contributed by atoms with Crippen molar-refractivity contribution in [3.05, 3.63) is 29.8 Å². The van der Waals surface area contributed by atoms with Crippen molar-refractivity contribution in [2.75, 3.05) is 27.2 Å². The smallest absolute Gasteiger partial charge is 0.317 e. The van der Waals surface area contributed by atoms with Gasteiger partial charge in [-0.1, -0.05) is 19.1 Å². The van der Waals surface area contributed by atoms with E-state index < -0.39 is 11.9 Å². The van der Waals surface area contributed by atoms with Crippen LogP contribution in [0.5, 0.6) is 5.75 Å². The fourth-order valence-corrected chi connectivity index (χ4v) is 1.99. The zero-order valence-electron chi connectivity index (χ0n) is 13.3. The van der Waals surface area contributed by atoms with Crippen molar-refractivity contribution in [2.45, 2.75) is 19.8 Å². The van der Waals surface area contributed by atoms with E-state index in [0.29, 0.717) is 6.54 Å². The Balaban J connectivity index is 2.25. The molecule has 6 heteroatoms. The fraction of sp³-hybridized carbons (Fsp3) is 0.500. The van der Waals surface area contributed by atoms with Crippen LogP contribution in [0.2, 0.25) is 0 Å². The Bertz CT molecular complexity index is 487. The van der Waals surface area contributed by atoms with Crippen LogP contribution in [-0.2, 0) is 11.2 Å². The van der Waals surface area contributed by atoms with Crippen LogP contribution >= 0.6 is 0 Å². The number of hydrogen-bond donors (Lipinski definition) is 2. The molecule has 0 heterocycles. The first-order valence-corrected chi connectivity index (χ1v) is 7.28. The molecule has 0 fully saturated rings. The number of urea groups is 1. The van der Waals surface area contributed by atoms with Crippen molar-refractivity contribution in [3.8, 4) is 5.75 Å². The van der Waals surface area contributed by atoms with Gasteiger partial charge in [0.05, 0.1) is 13.0 Å². The lowest BCUT2D eigenvalue weighted by molar-refractivity contribution is -0.141. The maximum absolute atomic E-state index is 11.8. The predicted molar refractivity (Wildman–Crippen MR) is 84.1 cm³/mol. The molecule has 0 radical (unpaired) electrons. The number of carbonyl (C=O) groups is 2. The van der Waals surface area contributed by atoms with E-state index in [-0.39, 0.29) is 12.6 Å².